The Bertz CT molecular complexity index is 2630. The molecule has 5 aromatic rings. The number of anilines is 1. The maximum Gasteiger partial charge on any atom is 0.476 e. The molecule has 7 atom stereocenters. The molecule has 0 bridgehead atoms. The fraction of sp³-hybridized carbons (Fsp3) is 0.426. The highest BCUT2D eigenvalue weighted by molar-refractivity contribution is 7.52. The van der Waals surface area contributed by atoms with E-state index < -0.39 is 93.1 Å². The molecule has 0 spiro atoms. The van der Waals surface area contributed by atoms with Crippen molar-refractivity contribution in [2.24, 2.45) is 11.8 Å². The molecule has 2 aromatic heterocycles. The number of phosphoric ester groups is 1. The third-order valence-corrected chi connectivity index (χ3v) is 14.5. The van der Waals surface area contributed by atoms with Gasteiger partial charge in [-0.1, -0.05) is 107 Å². The summed E-state index contributed by atoms with van der Waals surface area (Å²) in [6.45, 7) is 11.9. The fourth-order valence-electron chi connectivity index (χ4n) is 7.55. The van der Waals surface area contributed by atoms with E-state index in [1.165, 1.54) is 43.7 Å². The first-order valence-electron chi connectivity index (χ1n) is 22.0. The second kappa shape index (κ2) is 20.2. The van der Waals surface area contributed by atoms with Gasteiger partial charge in [0.15, 0.2) is 11.9 Å². The van der Waals surface area contributed by atoms with Crippen LogP contribution in [0.15, 0.2) is 109 Å². The summed E-state index contributed by atoms with van der Waals surface area (Å²) < 4.78 is 85.6. The van der Waals surface area contributed by atoms with E-state index >= 15 is 4.57 Å². The Kier molecular flexibility index (Phi) is 15.0. The Balaban J connectivity index is 1.13. The minimum absolute atomic E-state index is 0.0860. The summed E-state index contributed by atoms with van der Waals surface area (Å²) in [5.41, 5.74) is 3.39. The minimum Gasteiger partial charge on any atom is -0.461 e. The summed E-state index contributed by atoms with van der Waals surface area (Å²) in [4.78, 5) is 45.1. The molecule has 21 heteroatoms. The first kappa shape index (κ1) is 50.4. The monoisotopic (exact) mass is 977 g/mol. The van der Waals surface area contributed by atoms with Crippen molar-refractivity contribution in [3.8, 4) is 5.75 Å². The third kappa shape index (κ3) is 11.0. The second-order valence-corrected chi connectivity index (χ2v) is 21.1. The van der Waals surface area contributed by atoms with E-state index in [0.717, 1.165) is 11.1 Å². The van der Waals surface area contributed by atoms with Gasteiger partial charge in [-0.3, -0.25) is 32.5 Å². The van der Waals surface area contributed by atoms with E-state index in [4.69, 9.17) is 47.3 Å². The number of phosphoric acid groups is 1. The van der Waals surface area contributed by atoms with E-state index in [1.54, 1.807) is 89.2 Å². The number of ether oxygens (including phenoxy) is 4. The molecule has 1 aliphatic carbocycles. The lowest BCUT2D eigenvalue weighted by atomic mass is 10.0. The van der Waals surface area contributed by atoms with Crippen molar-refractivity contribution in [3.63, 3.8) is 0 Å². The van der Waals surface area contributed by atoms with Gasteiger partial charge in [-0.25, -0.2) is 18.6 Å². The van der Waals surface area contributed by atoms with E-state index in [1.807, 2.05) is 36.4 Å². The van der Waals surface area contributed by atoms with Gasteiger partial charge in [0.05, 0.1) is 30.7 Å². The lowest BCUT2D eigenvalue weighted by Crippen LogP contribution is -2.45. The normalized spacial score (nSPS) is 22.6. The van der Waals surface area contributed by atoms with E-state index in [9.17, 15) is 18.9 Å². The van der Waals surface area contributed by atoms with Gasteiger partial charge >= 0.3 is 33.5 Å². The molecule has 68 heavy (non-hydrogen) atoms. The third-order valence-electron chi connectivity index (χ3n) is 11.2. The smallest absolute Gasteiger partial charge is 0.461 e. The number of para-hydroxylation sites is 1. The number of fused-ring (bicyclic) bond motifs is 2. The molecular weight excluding hydrogens is 920 g/mol. The number of hydrogen-bond donors (Lipinski definition) is 2. The molecule has 364 valence electrons. The van der Waals surface area contributed by atoms with Crippen molar-refractivity contribution in [1.29, 1.82) is 0 Å². The molecule has 0 radical (unpaired) electrons. The van der Waals surface area contributed by atoms with Gasteiger partial charge in [0, 0.05) is 0 Å². The van der Waals surface area contributed by atoms with E-state index in [2.05, 4.69) is 15.2 Å². The van der Waals surface area contributed by atoms with Crippen molar-refractivity contribution in [1.82, 2.24) is 19.7 Å². The molecule has 1 saturated carbocycles. The Hall–Kier alpha value is -5.49. The predicted molar refractivity (Wildman–Crippen MR) is 246 cm³/mol. The van der Waals surface area contributed by atoms with Crippen LogP contribution in [0, 0.1) is 11.8 Å². The Morgan fingerprint density at radius 1 is 0.824 bits per heavy atom. The van der Waals surface area contributed by atoms with Gasteiger partial charge in [0.25, 0.3) is 0 Å². The summed E-state index contributed by atoms with van der Waals surface area (Å²) in [7, 11) is -9.07. The number of nitrogen functional groups attached to an aromatic ring is 1. The van der Waals surface area contributed by atoms with Crippen molar-refractivity contribution in [2.75, 3.05) is 12.3 Å². The van der Waals surface area contributed by atoms with Gasteiger partial charge in [-0.15, -0.1) is 0 Å². The maximum absolute atomic E-state index is 15.2. The second-order valence-electron chi connectivity index (χ2n) is 17.9. The van der Waals surface area contributed by atoms with Crippen LogP contribution in [0.1, 0.15) is 78.3 Å². The van der Waals surface area contributed by atoms with Crippen LogP contribution >= 0.6 is 15.6 Å². The summed E-state index contributed by atoms with van der Waals surface area (Å²) in [6, 6.07) is 28.0. The topological polar surface area (TPSA) is 237 Å². The average Bonchev–Trinajstić information content (AvgIpc) is 3.55. The molecule has 7 rings (SSSR count). The van der Waals surface area contributed by atoms with Gasteiger partial charge < -0.3 is 29.2 Å². The summed E-state index contributed by atoms with van der Waals surface area (Å²) in [6.07, 6.45) is -2.69. The molecule has 2 fully saturated rings. The number of nitrogens with zero attached hydrogens (tertiary/aromatic N) is 3. The predicted octanol–water partition coefficient (Wildman–Crippen LogP) is 8.09. The zero-order chi connectivity index (χ0) is 49.1. The number of carbonyl (C=O) groups excluding carboxylic acids is 3. The number of esters is 3. The first-order valence-corrected chi connectivity index (χ1v) is 25.0. The van der Waals surface area contributed by atoms with Crippen molar-refractivity contribution < 1.29 is 65.1 Å². The number of hydrogen-bond acceptors (Lipinski definition) is 17. The first-order chi connectivity index (χ1) is 32.2. The highest BCUT2D eigenvalue weighted by Crippen LogP contribution is 2.71. The van der Waals surface area contributed by atoms with Crippen molar-refractivity contribution >= 4 is 44.8 Å². The van der Waals surface area contributed by atoms with Gasteiger partial charge in [-0.05, 0) is 63.1 Å². The molecular formula is C47H57N5O14P2. The van der Waals surface area contributed by atoms with Crippen LogP contribution in [0.3, 0.4) is 0 Å². The standard InChI is InChI=1S/C47H57N5O14P2/c1-30(2)41(53)61-39-38(36-24-25-37-40(48)49-29-50-52(36)37)62-46(8)44(47(39,46)63-42(54)31(3)4)65-67(56,64-35-22-16-11-17-23-35)51-32(5)43(55)58-28-45(6,7)66-68(57,59-26-33-18-12-9-13-19-33)60-27-34-20-14-10-15-21-34/h9-25,29-32,38-39,44H,26-28H2,1-8H3,(H,51,56)(H2,48,49,50)/t32-,38-,39-,44?,46+,47+,67?/m0/s1. The van der Waals surface area contributed by atoms with Crippen LogP contribution in [0.2, 0.25) is 0 Å². The molecule has 3 N–H and O–H groups in total. The molecule has 2 aliphatic rings. The Morgan fingerprint density at radius 3 is 1.97 bits per heavy atom. The largest absolute Gasteiger partial charge is 0.476 e. The highest BCUT2D eigenvalue weighted by Gasteiger charge is 2.91. The molecule has 3 heterocycles. The van der Waals surface area contributed by atoms with Crippen LogP contribution in [0.4, 0.5) is 5.82 Å². The molecule has 19 nitrogen and oxygen atoms in total. The van der Waals surface area contributed by atoms with E-state index in [0.29, 0.717) is 11.2 Å². The van der Waals surface area contributed by atoms with E-state index in [-0.39, 0.29) is 24.8 Å². The van der Waals surface area contributed by atoms with Crippen LogP contribution in [-0.4, -0.2) is 74.2 Å². The number of aromatic nitrogens is 3. The highest BCUT2D eigenvalue weighted by atomic mass is 31.2. The minimum atomic E-state index is -4.75. The summed E-state index contributed by atoms with van der Waals surface area (Å²) >= 11 is 0. The zero-order valence-electron chi connectivity index (χ0n) is 39.0. The summed E-state index contributed by atoms with van der Waals surface area (Å²) in [5, 5.41) is 7.01. The quantitative estimate of drug-likeness (QED) is 0.0378. The molecule has 3 aromatic carbocycles. The van der Waals surface area contributed by atoms with Gasteiger partial charge in [0.1, 0.15) is 53.7 Å². The van der Waals surface area contributed by atoms with Crippen LogP contribution in [-0.2, 0) is 73.8 Å². The number of benzene rings is 3. The lowest BCUT2D eigenvalue weighted by Gasteiger charge is -2.31. The zero-order valence-corrected chi connectivity index (χ0v) is 40.8. The van der Waals surface area contributed by atoms with Crippen LogP contribution in [0.5, 0.6) is 5.75 Å². The Morgan fingerprint density at radius 2 is 1.40 bits per heavy atom. The fourth-order valence-corrected chi connectivity index (χ4v) is 10.8. The molecule has 2 unspecified atom stereocenters. The van der Waals surface area contributed by atoms with Crippen LogP contribution < -0.4 is 15.3 Å². The molecule has 1 saturated heterocycles. The Labute approximate surface area is 394 Å². The number of rotatable bonds is 22. The number of nitrogens with one attached hydrogen (secondary N) is 1. The average molecular weight is 978 g/mol. The van der Waals surface area contributed by atoms with Crippen LogP contribution in [0.25, 0.3) is 5.52 Å². The maximum atomic E-state index is 15.2. The summed E-state index contributed by atoms with van der Waals surface area (Å²) in [5.74, 6) is -3.33. The van der Waals surface area contributed by atoms with Gasteiger partial charge in [-0.2, -0.15) is 10.2 Å². The number of nitrogens with two attached hydrogens (primary N) is 1. The van der Waals surface area contributed by atoms with Crippen molar-refractivity contribution in [2.45, 2.75) is 110 Å². The SMILES string of the molecule is CC(C)C(=O)O[C@H]1[C@H](c2ccc3c(N)ncnn23)O[C@]2(C)C(OP(=O)(N[C@@H](C)C(=O)OCC(C)(C)OP(=O)(OCc3ccccc3)OCc3ccccc3)Oc3ccccc3)[C@]12OC(=O)C(C)C. The molecule has 1 aliphatic heterocycles. The lowest BCUT2D eigenvalue weighted by molar-refractivity contribution is -0.181. The molecule has 0 amide bonds. The van der Waals surface area contributed by atoms with Gasteiger partial charge in [0.2, 0.25) is 5.60 Å². The number of carbonyl (C=O) groups is 3. The van der Waals surface area contributed by atoms with Crippen molar-refractivity contribution in [3.05, 3.63) is 126 Å².